The molecule has 1 unspecified atom stereocenters. The number of thiazole rings is 1. The van der Waals surface area contributed by atoms with Crippen LogP contribution in [0, 0.1) is 6.92 Å². The molecule has 1 aromatic heterocycles. The number of hydrogen-bond donors (Lipinski definition) is 2. The quantitative estimate of drug-likeness (QED) is 0.612. The summed E-state index contributed by atoms with van der Waals surface area (Å²) in [7, 11) is 0. The normalized spacial score (nSPS) is 13.0. The van der Waals surface area contributed by atoms with Gasteiger partial charge >= 0.3 is 0 Å². The van der Waals surface area contributed by atoms with Gasteiger partial charge in [-0.1, -0.05) is 29.8 Å². The molecule has 6 heteroatoms. The van der Waals surface area contributed by atoms with Crippen LogP contribution >= 0.6 is 22.9 Å². The van der Waals surface area contributed by atoms with Crippen LogP contribution in [0.2, 0.25) is 5.02 Å². The Morgan fingerprint density at radius 2 is 2.17 bits per heavy atom. The number of benzene rings is 1. The molecule has 0 bridgehead atoms. The molecule has 0 saturated heterocycles. The Hall–Kier alpha value is -1.59. The molecule has 1 aromatic carbocycles. The number of rotatable bonds is 6. The number of guanidine groups is 1. The zero-order valence-electron chi connectivity index (χ0n) is 13.8. The summed E-state index contributed by atoms with van der Waals surface area (Å²) in [4.78, 5) is 10.2. The van der Waals surface area contributed by atoms with Gasteiger partial charge in [-0.25, -0.2) is 4.98 Å². The predicted molar refractivity (Wildman–Crippen MR) is 99.5 cm³/mol. The maximum atomic E-state index is 6.26. The van der Waals surface area contributed by atoms with Crippen molar-refractivity contribution >= 4 is 28.9 Å². The van der Waals surface area contributed by atoms with Gasteiger partial charge in [-0.3, -0.25) is 4.99 Å². The molecule has 0 aliphatic carbocycles. The maximum Gasteiger partial charge on any atom is 0.191 e. The van der Waals surface area contributed by atoms with E-state index >= 15 is 0 Å². The first-order chi connectivity index (χ1) is 11.1. The molecule has 0 saturated carbocycles. The van der Waals surface area contributed by atoms with Crippen molar-refractivity contribution < 1.29 is 0 Å². The van der Waals surface area contributed by atoms with Crippen LogP contribution in [0.15, 0.2) is 35.5 Å². The lowest BCUT2D eigenvalue weighted by atomic mass is 10.1. The number of aliphatic imine (C=N–C) groups is 1. The Morgan fingerprint density at radius 3 is 2.83 bits per heavy atom. The van der Waals surface area contributed by atoms with Gasteiger partial charge in [0.15, 0.2) is 5.96 Å². The lowest BCUT2D eigenvalue weighted by Crippen LogP contribution is -2.39. The molecule has 1 heterocycles. The number of nitrogens with zero attached hydrogens (tertiary/aromatic N) is 2. The van der Waals surface area contributed by atoms with Gasteiger partial charge in [0.25, 0.3) is 0 Å². The van der Waals surface area contributed by atoms with Crippen molar-refractivity contribution in [2.75, 3.05) is 13.1 Å². The van der Waals surface area contributed by atoms with Gasteiger partial charge in [0.1, 0.15) is 0 Å². The summed E-state index contributed by atoms with van der Waals surface area (Å²) >= 11 is 7.99. The highest BCUT2D eigenvalue weighted by Crippen LogP contribution is 2.21. The van der Waals surface area contributed by atoms with Gasteiger partial charge in [0.2, 0.25) is 0 Å². The minimum Gasteiger partial charge on any atom is -0.357 e. The van der Waals surface area contributed by atoms with E-state index in [0.717, 1.165) is 34.5 Å². The summed E-state index contributed by atoms with van der Waals surface area (Å²) in [5.41, 5.74) is 1.07. The van der Waals surface area contributed by atoms with E-state index in [-0.39, 0.29) is 6.04 Å². The van der Waals surface area contributed by atoms with Crippen LogP contribution in [0.3, 0.4) is 0 Å². The molecule has 0 radical (unpaired) electrons. The van der Waals surface area contributed by atoms with Crippen molar-refractivity contribution in [3.05, 3.63) is 50.9 Å². The summed E-state index contributed by atoms with van der Waals surface area (Å²) in [6.07, 6.45) is 2.77. The van der Waals surface area contributed by atoms with Crippen LogP contribution in [0.4, 0.5) is 0 Å². The standard InChI is InChI=1S/C17H23ClN4S/c1-4-19-17(20-10-9-16-21-11-12(2)23-16)22-13(3)14-7-5-6-8-15(14)18/h5-8,11,13H,4,9-10H2,1-3H3,(H2,19,20,22). The fraction of sp³-hybridized carbons (Fsp3) is 0.412. The zero-order valence-corrected chi connectivity index (χ0v) is 15.3. The third kappa shape index (κ3) is 5.52. The first kappa shape index (κ1) is 17.8. The molecule has 2 rings (SSSR count). The monoisotopic (exact) mass is 350 g/mol. The van der Waals surface area contributed by atoms with E-state index in [9.17, 15) is 0 Å². The lowest BCUT2D eigenvalue weighted by molar-refractivity contribution is 0.686. The van der Waals surface area contributed by atoms with Crippen LogP contribution < -0.4 is 10.6 Å². The lowest BCUT2D eigenvalue weighted by Gasteiger charge is -2.19. The fourth-order valence-corrected chi connectivity index (χ4v) is 3.28. The van der Waals surface area contributed by atoms with Crippen molar-refractivity contribution in [1.29, 1.82) is 0 Å². The second kappa shape index (κ2) is 8.89. The molecule has 2 aromatic rings. The average molecular weight is 351 g/mol. The molecular weight excluding hydrogens is 328 g/mol. The molecule has 0 aliphatic rings. The zero-order chi connectivity index (χ0) is 16.7. The maximum absolute atomic E-state index is 6.26. The Morgan fingerprint density at radius 1 is 1.39 bits per heavy atom. The molecule has 1 atom stereocenters. The summed E-state index contributed by atoms with van der Waals surface area (Å²) in [6.45, 7) is 7.73. The third-order valence-electron chi connectivity index (χ3n) is 3.33. The van der Waals surface area contributed by atoms with E-state index in [0.29, 0.717) is 6.54 Å². The van der Waals surface area contributed by atoms with Gasteiger partial charge in [-0.05, 0) is 32.4 Å². The molecule has 0 amide bonds. The third-order valence-corrected chi connectivity index (χ3v) is 4.65. The topological polar surface area (TPSA) is 49.3 Å². The van der Waals surface area contributed by atoms with Gasteiger partial charge in [0.05, 0.1) is 11.0 Å². The minimum absolute atomic E-state index is 0.0867. The summed E-state index contributed by atoms with van der Waals surface area (Å²) < 4.78 is 0. The van der Waals surface area contributed by atoms with Gasteiger partial charge in [0, 0.05) is 35.6 Å². The number of aryl methyl sites for hydroxylation is 1. The van der Waals surface area contributed by atoms with Gasteiger partial charge in [-0.15, -0.1) is 11.3 Å². The van der Waals surface area contributed by atoms with Crippen LogP contribution in [0.1, 0.15) is 35.3 Å². The molecular formula is C17H23ClN4S. The van der Waals surface area contributed by atoms with Gasteiger partial charge < -0.3 is 10.6 Å². The predicted octanol–water partition coefficient (Wildman–Crippen LogP) is 3.96. The van der Waals surface area contributed by atoms with E-state index in [1.807, 2.05) is 30.5 Å². The molecule has 4 nitrogen and oxygen atoms in total. The van der Waals surface area contributed by atoms with Crippen molar-refractivity contribution in [3.8, 4) is 0 Å². The Labute approximate surface area is 147 Å². The van der Waals surface area contributed by atoms with Gasteiger partial charge in [-0.2, -0.15) is 0 Å². The average Bonchev–Trinajstić information content (AvgIpc) is 2.93. The Bertz CT molecular complexity index is 654. The highest BCUT2D eigenvalue weighted by molar-refractivity contribution is 7.11. The van der Waals surface area contributed by atoms with E-state index in [2.05, 4.69) is 41.4 Å². The van der Waals surface area contributed by atoms with E-state index in [4.69, 9.17) is 11.6 Å². The minimum atomic E-state index is 0.0867. The summed E-state index contributed by atoms with van der Waals surface area (Å²) in [5, 5.41) is 8.57. The number of hydrogen-bond acceptors (Lipinski definition) is 3. The largest absolute Gasteiger partial charge is 0.357 e. The van der Waals surface area contributed by atoms with Crippen molar-refractivity contribution in [3.63, 3.8) is 0 Å². The smallest absolute Gasteiger partial charge is 0.191 e. The summed E-state index contributed by atoms with van der Waals surface area (Å²) in [6, 6.07) is 7.96. The fourth-order valence-electron chi connectivity index (χ4n) is 2.21. The summed E-state index contributed by atoms with van der Waals surface area (Å²) in [5.74, 6) is 0.799. The first-order valence-corrected chi connectivity index (χ1v) is 9.00. The van der Waals surface area contributed by atoms with Crippen LogP contribution in [0.25, 0.3) is 0 Å². The highest BCUT2D eigenvalue weighted by atomic mass is 35.5. The number of halogens is 1. The molecule has 23 heavy (non-hydrogen) atoms. The number of aromatic nitrogens is 1. The van der Waals surface area contributed by atoms with Crippen LogP contribution in [-0.4, -0.2) is 24.0 Å². The molecule has 0 aliphatic heterocycles. The molecule has 2 N–H and O–H groups in total. The van der Waals surface area contributed by atoms with E-state index < -0.39 is 0 Å². The van der Waals surface area contributed by atoms with Crippen molar-refractivity contribution in [1.82, 2.24) is 15.6 Å². The number of nitrogens with one attached hydrogen (secondary N) is 2. The molecule has 0 spiro atoms. The van der Waals surface area contributed by atoms with Crippen LogP contribution in [-0.2, 0) is 6.42 Å². The second-order valence-corrected chi connectivity index (χ2v) is 6.99. The van der Waals surface area contributed by atoms with Crippen molar-refractivity contribution in [2.45, 2.75) is 33.2 Å². The second-order valence-electron chi connectivity index (χ2n) is 5.26. The van der Waals surface area contributed by atoms with Crippen molar-refractivity contribution in [2.24, 2.45) is 4.99 Å². The Balaban J connectivity index is 1.97. The SMILES string of the molecule is CCNC(=NCCc1ncc(C)s1)NC(C)c1ccccc1Cl. The Kier molecular flexibility index (Phi) is 6.86. The molecule has 0 fully saturated rings. The highest BCUT2D eigenvalue weighted by Gasteiger charge is 2.10. The molecule has 124 valence electrons. The van der Waals surface area contributed by atoms with E-state index in [1.165, 1.54) is 4.88 Å². The van der Waals surface area contributed by atoms with E-state index in [1.54, 1.807) is 11.3 Å². The van der Waals surface area contributed by atoms with Crippen LogP contribution in [0.5, 0.6) is 0 Å². The first-order valence-electron chi connectivity index (χ1n) is 7.80.